The number of hydrogen-bond acceptors (Lipinski definition) is 2. The topological polar surface area (TPSA) is 12.0 Å². The van der Waals surface area contributed by atoms with Crippen LogP contribution in [-0.4, -0.2) is 12.3 Å². The molecule has 0 aliphatic carbocycles. The smallest absolute Gasteiger partial charge is 0.0789 e. The lowest BCUT2D eigenvalue weighted by atomic mass is 10.2. The van der Waals surface area contributed by atoms with Gasteiger partial charge in [0.2, 0.25) is 0 Å². The Hall–Kier alpha value is -0.180. The molecule has 0 bridgehead atoms. The zero-order valence-electron chi connectivity index (χ0n) is 8.16. The number of thioether (sulfide) groups is 1. The van der Waals surface area contributed by atoms with Gasteiger partial charge in [-0.3, -0.25) is 0 Å². The van der Waals surface area contributed by atoms with E-state index in [-0.39, 0.29) is 0 Å². The molecule has 0 spiro atoms. The summed E-state index contributed by atoms with van der Waals surface area (Å²) in [7, 11) is 0. The number of nitrogens with one attached hydrogen (secondary N) is 1. The predicted octanol–water partition coefficient (Wildman–Crippen LogP) is 3.31. The average Bonchev–Trinajstić information content (AvgIpc) is 2.21. The van der Waals surface area contributed by atoms with Crippen LogP contribution in [-0.2, 0) is 0 Å². The molecule has 2 unspecified atom stereocenters. The lowest BCUT2D eigenvalue weighted by Crippen LogP contribution is -2.31. The molecule has 1 heterocycles. The maximum atomic E-state index is 5.85. The van der Waals surface area contributed by atoms with Gasteiger partial charge >= 0.3 is 0 Å². The van der Waals surface area contributed by atoms with Crippen molar-refractivity contribution in [2.45, 2.75) is 12.3 Å². The van der Waals surface area contributed by atoms with Crippen LogP contribution in [0, 0.1) is 5.92 Å². The highest BCUT2D eigenvalue weighted by atomic mass is 35.5. The third-order valence-corrected chi connectivity index (χ3v) is 4.16. The molecule has 76 valence electrons. The SMILES string of the molecule is CC1CNC(c2ccc(Cl)cc2)SC1. The van der Waals surface area contributed by atoms with E-state index in [9.17, 15) is 0 Å². The van der Waals surface area contributed by atoms with E-state index in [0.29, 0.717) is 5.37 Å². The minimum atomic E-state index is 0.448. The summed E-state index contributed by atoms with van der Waals surface area (Å²) in [5.41, 5.74) is 1.33. The van der Waals surface area contributed by atoms with Crippen LogP contribution >= 0.6 is 23.4 Å². The standard InChI is InChI=1S/C11H14ClNS/c1-8-6-13-11(14-7-8)9-2-4-10(12)5-3-9/h2-5,8,11,13H,6-7H2,1H3. The summed E-state index contributed by atoms with van der Waals surface area (Å²) in [6.07, 6.45) is 0. The maximum Gasteiger partial charge on any atom is 0.0789 e. The van der Waals surface area contributed by atoms with E-state index in [1.165, 1.54) is 11.3 Å². The first-order chi connectivity index (χ1) is 6.75. The summed E-state index contributed by atoms with van der Waals surface area (Å²) in [4.78, 5) is 0. The first-order valence-corrected chi connectivity index (χ1v) is 6.29. The molecule has 0 saturated carbocycles. The molecule has 0 amide bonds. The number of benzene rings is 1. The van der Waals surface area contributed by atoms with Crippen molar-refractivity contribution in [3.63, 3.8) is 0 Å². The van der Waals surface area contributed by atoms with Crippen molar-refractivity contribution in [1.82, 2.24) is 5.32 Å². The van der Waals surface area contributed by atoms with E-state index in [1.54, 1.807) is 0 Å². The van der Waals surface area contributed by atoms with E-state index >= 15 is 0 Å². The Balaban J connectivity index is 2.05. The van der Waals surface area contributed by atoms with Gasteiger partial charge in [0.15, 0.2) is 0 Å². The molecule has 1 N–H and O–H groups in total. The Morgan fingerprint density at radius 3 is 2.64 bits per heavy atom. The zero-order valence-corrected chi connectivity index (χ0v) is 9.74. The molecule has 1 aromatic rings. The van der Waals surface area contributed by atoms with Crippen LogP contribution in [0.4, 0.5) is 0 Å². The van der Waals surface area contributed by atoms with Gasteiger partial charge in [0.05, 0.1) is 5.37 Å². The van der Waals surface area contributed by atoms with Gasteiger partial charge in [-0.1, -0.05) is 30.7 Å². The molecule has 2 rings (SSSR count). The summed E-state index contributed by atoms with van der Waals surface area (Å²) in [5, 5.41) is 4.78. The van der Waals surface area contributed by atoms with E-state index in [1.807, 2.05) is 23.9 Å². The summed E-state index contributed by atoms with van der Waals surface area (Å²) >= 11 is 7.82. The molecular formula is C11H14ClNS. The van der Waals surface area contributed by atoms with Crippen LogP contribution in [0.25, 0.3) is 0 Å². The molecule has 0 radical (unpaired) electrons. The van der Waals surface area contributed by atoms with Crippen molar-refractivity contribution < 1.29 is 0 Å². The van der Waals surface area contributed by atoms with E-state index in [2.05, 4.69) is 24.4 Å². The fraction of sp³-hybridized carbons (Fsp3) is 0.455. The highest BCUT2D eigenvalue weighted by molar-refractivity contribution is 7.99. The largest absolute Gasteiger partial charge is 0.301 e. The quantitative estimate of drug-likeness (QED) is 0.790. The zero-order chi connectivity index (χ0) is 9.97. The fourth-order valence-electron chi connectivity index (χ4n) is 1.54. The van der Waals surface area contributed by atoms with Crippen LogP contribution < -0.4 is 5.32 Å². The van der Waals surface area contributed by atoms with Gasteiger partial charge in [-0.15, -0.1) is 11.8 Å². The van der Waals surface area contributed by atoms with E-state index in [0.717, 1.165) is 17.5 Å². The Kier molecular flexibility index (Phi) is 3.37. The summed E-state index contributed by atoms with van der Waals surface area (Å²) in [6.45, 7) is 3.39. The minimum Gasteiger partial charge on any atom is -0.301 e. The monoisotopic (exact) mass is 227 g/mol. The Morgan fingerprint density at radius 1 is 1.36 bits per heavy atom. The van der Waals surface area contributed by atoms with Gasteiger partial charge < -0.3 is 5.32 Å². The van der Waals surface area contributed by atoms with Crippen molar-refractivity contribution in [1.29, 1.82) is 0 Å². The normalized spacial score (nSPS) is 27.6. The van der Waals surface area contributed by atoms with E-state index < -0.39 is 0 Å². The van der Waals surface area contributed by atoms with Gasteiger partial charge in [-0.05, 0) is 35.9 Å². The van der Waals surface area contributed by atoms with Gasteiger partial charge in [0.25, 0.3) is 0 Å². The number of rotatable bonds is 1. The average molecular weight is 228 g/mol. The minimum absolute atomic E-state index is 0.448. The molecule has 1 fully saturated rings. The molecular weight excluding hydrogens is 214 g/mol. The number of hydrogen-bond donors (Lipinski definition) is 1. The van der Waals surface area contributed by atoms with Gasteiger partial charge in [0.1, 0.15) is 0 Å². The van der Waals surface area contributed by atoms with Crippen molar-refractivity contribution in [3.8, 4) is 0 Å². The van der Waals surface area contributed by atoms with Crippen LogP contribution in [0.5, 0.6) is 0 Å². The molecule has 0 aromatic heterocycles. The predicted molar refractivity (Wildman–Crippen MR) is 63.8 cm³/mol. The molecule has 1 nitrogen and oxygen atoms in total. The first-order valence-electron chi connectivity index (χ1n) is 4.86. The van der Waals surface area contributed by atoms with Gasteiger partial charge in [-0.2, -0.15) is 0 Å². The van der Waals surface area contributed by atoms with Crippen LogP contribution in [0.3, 0.4) is 0 Å². The summed E-state index contributed by atoms with van der Waals surface area (Å²) < 4.78 is 0. The Bertz CT molecular complexity index is 291. The molecule has 1 aromatic carbocycles. The molecule has 14 heavy (non-hydrogen) atoms. The lowest BCUT2D eigenvalue weighted by molar-refractivity contribution is 0.529. The maximum absolute atomic E-state index is 5.85. The lowest BCUT2D eigenvalue weighted by Gasteiger charge is -2.27. The second-order valence-corrected chi connectivity index (χ2v) is 5.35. The molecule has 2 atom stereocenters. The third kappa shape index (κ3) is 2.44. The second kappa shape index (κ2) is 4.56. The van der Waals surface area contributed by atoms with Crippen molar-refractivity contribution in [2.24, 2.45) is 5.92 Å². The third-order valence-electron chi connectivity index (χ3n) is 2.37. The summed E-state index contributed by atoms with van der Waals surface area (Å²) in [5.74, 6) is 2.02. The molecule has 1 aliphatic rings. The van der Waals surface area contributed by atoms with Crippen LogP contribution in [0.1, 0.15) is 17.9 Å². The van der Waals surface area contributed by atoms with Gasteiger partial charge in [-0.25, -0.2) is 0 Å². The highest BCUT2D eigenvalue weighted by Crippen LogP contribution is 2.31. The fourth-order valence-corrected chi connectivity index (χ4v) is 2.87. The van der Waals surface area contributed by atoms with Crippen molar-refractivity contribution in [3.05, 3.63) is 34.9 Å². The molecule has 3 heteroatoms. The number of halogens is 1. The van der Waals surface area contributed by atoms with Crippen LogP contribution in [0.15, 0.2) is 24.3 Å². The van der Waals surface area contributed by atoms with Gasteiger partial charge in [0, 0.05) is 5.02 Å². The van der Waals surface area contributed by atoms with E-state index in [4.69, 9.17) is 11.6 Å². The molecule has 1 aliphatic heterocycles. The van der Waals surface area contributed by atoms with Crippen molar-refractivity contribution >= 4 is 23.4 Å². The second-order valence-electron chi connectivity index (χ2n) is 3.78. The molecule has 1 saturated heterocycles. The Labute approximate surface area is 94.2 Å². The summed E-state index contributed by atoms with van der Waals surface area (Å²) in [6, 6.07) is 8.11. The highest BCUT2D eigenvalue weighted by Gasteiger charge is 2.18. The van der Waals surface area contributed by atoms with Crippen molar-refractivity contribution in [2.75, 3.05) is 12.3 Å². The van der Waals surface area contributed by atoms with Crippen LogP contribution in [0.2, 0.25) is 5.02 Å². The first kappa shape index (κ1) is 10.3. The Morgan fingerprint density at radius 2 is 2.07 bits per heavy atom.